The highest BCUT2D eigenvalue weighted by molar-refractivity contribution is 5.95. The van der Waals surface area contributed by atoms with Gasteiger partial charge in [-0.25, -0.2) is 5.43 Å². The van der Waals surface area contributed by atoms with Crippen LogP contribution in [0.1, 0.15) is 34.2 Å². The number of furan rings is 1. The SMILES string of the molecule is CC(Cc1ccc(O)c(-c2ccc3oc(C)cc3c2)c1)=NNC(=O)c1cccc(C(F)(F)F)c1. The average molecular weight is 466 g/mol. The van der Waals surface area contributed by atoms with Crippen molar-refractivity contribution in [3.8, 4) is 16.9 Å². The van der Waals surface area contributed by atoms with Gasteiger partial charge in [-0.05, 0) is 73.5 Å². The Labute approximate surface area is 193 Å². The Bertz CT molecular complexity index is 1400. The van der Waals surface area contributed by atoms with Crippen molar-refractivity contribution in [1.29, 1.82) is 0 Å². The number of hydrogen-bond acceptors (Lipinski definition) is 4. The van der Waals surface area contributed by atoms with Crippen LogP contribution < -0.4 is 5.43 Å². The molecule has 0 saturated heterocycles. The zero-order chi connectivity index (χ0) is 24.5. The molecule has 4 aromatic rings. The molecule has 0 aliphatic heterocycles. The Balaban J connectivity index is 1.49. The van der Waals surface area contributed by atoms with Crippen molar-refractivity contribution in [3.05, 3.63) is 89.2 Å². The lowest BCUT2D eigenvalue weighted by molar-refractivity contribution is -0.137. The van der Waals surface area contributed by atoms with Crippen molar-refractivity contribution in [2.75, 3.05) is 0 Å². The maximum atomic E-state index is 12.9. The topological polar surface area (TPSA) is 74.8 Å². The van der Waals surface area contributed by atoms with Gasteiger partial charge < -0.3 is 9.52 Å². The van der Waals surface area contributed by atoms with Gasteiger partial charge in [0.2, 0.25) is 0 Å². The fraction of sp³-hybridized carbons (Fsp3) is 0.154. The van der Waals surface area contributed by atoms with E-state index in [1.807, 2.05) is 37.3 Å². The van der Waals surface area contributed by atoms with E-state index in [0.717, 1.165) is 40.0 Å². The van der Waals surface area contributed by atoms with Crippen molar-refractivity contribution in [2.45, 2.75) is 26.4 Å². The minimum absolute atomic E-state index is 0.121. The van der Waals surface area contributed by atoms with Crippen LogP contribution in [0.4, 0.5) is 13.2 Å². The highest BCUT2D eigenvalue weighted by Gasteiger charge is 2.30. The third kappa shape index (κ3) is 5.11. The van der Waals surface area contributed by atoms with Gasteiger partial charge in [-0.2, -0.15) is 18.3 Å². The monoisotopic (exact) mass is 466 g/mol. The number of alkyl halides is 3. The first-order valence-corrected chi connectivity index (χ1v) is 10.4. The summed E-state index contributed by atoms with van der Waals surface area (Å²) in [6, 6.07) is 16.9. The number of rotatable bonds is 5. The number of phenols is 1. The zero-order valence-electron chi connectivity index (χ0n) is 18.4. The molecule has 8 heteroatoms. The van der Waals surface area contributed by atoms with E-state index < -0.39 is 17.6 Å². The normalized spacial score (nSPS) is 12.2. The molecule has 0 fully saturated rings. The lowest BCUT2D eigenvalue weighted by Gasteiger charge is -2.09. The second-order valence-electron chi connectivity index (χ2n) is 8.00. The molecule has 0 spiro atoms. The summed E-state index contributed by atoms with van der Waals surface area (Å²) in [7, 11) is 0. The summed E-state index contributed by atoms with van der Waals surface area (Å²) in [5.41, 5.74) is 4.86. The van der Waals surface area contributed by atoms with Crippen molar-refractivity contribution in [1.82, 2.24) is 5.43 Å². The maximum absolute atomic E-state index is 12.9. The molecule has 0 unspecified atom stereocenters. The Hall–Kier alpha value is -4.07. The molecule has 1 heterocycles. The number of benzene rings is 3. The molecule has 0 atom stereocenters. The van der Waals surface area contributed by atoms with Gasteiger partial charge in [-0.1, -0.05) is 18.2 Å². The maximum Gasteiger partial charge on any atom is 0.416 e. The Morgan fingerprint density at radius 2 is 1.85 bits per heavy atom. The molecule has 1 aromatic heterocycles. The molecule has 174 valence electrons. The highest BCUT2D eigenvalue weighted by atomic mass is 19.4. The minimum atomic E-state index is -4.53. The van der Waals surface area contributed by atoms with Crippen LogP contribution in [0.2, 0.25) is 0 Å². The van der Waals surface area contributed by atoms with E-state index in [4.69, 9.17) is 4.42 Å². The number of aryl methyl sites for hydroxylation is 1. The van der Waals surface area contributed by atoms with Gasteiger partial charge in [-0.15, -0.1) is 0 Å². The summed E-state index contributed by atoms with van der Waals surface area (Å²) in [4.78, 5) is 12.2. The summed E-state index contributed by atoms with van der Waals surface area (Å²) in [6.07, 6.45) is -4.17. The number of carbonyl (C=O) groups is 1. The zero-order valence-corrected chi connectivity index (χ0v) is 18.4. The summed E-state index contributed by atoms with van der Waals surface area (Å²) in [5, 5.41) is 15.3. The number of nitrogens with one attached hydrogen (secondary N) is 1. The smallest absolute Gasteiger partial charge is 0.416 e. The van der Waals surface area contributed by atoms with Crippen LogP contribution >= 0.6 is 0 Å². The Kier molecular flexibility index (Phi) is 6.15. The van der Waals surface area contributed by atoms with E-state index in [2.05, 4.69) is 10.5 Å². The third-order valence-corrected chi connectivity index (χ3v) is 5.27. The molecule has 0 bridgehead atoms. The van der Waals surface area contributed by atoms with Gasteiger partial charge in [0.1, 0.15) is 17.1 Å². The van der Waals surface area contributed by atoms with E-state index in [1.165, 1.54) is 12.1 Å². The number of phenolic OH excluding ortho intramolecular Hbond substituents is 1. The van der Waals surface area contributed by atoms with E-state index in [0.29, 0.717) is 17.7 Å². The molecular formula is C26H21F3N2O3. The van der Waals surface area contributed by atoms with Crippen LogP contribution in [0.3, 0.4) is 0 Å². The van der Waals surface area contributed by atoms with Crippen LogP contribution in [0, 0.1) is 6.92 Å². The second kappa shape index (κ2) is 9.05. The summed E-state index contributed by atoms with van der Waals surface area (Å²) >= 11 is 0. The molecule has 4 rings (SSSR count). The molecule has 2 N–H and O–H groups in total. The van der Waals surface area contributed by atoms with Gasteiger partial charge in [-0.3, -0.25) is 4.79 Å². The van der Waals surface area contributed by atoms with Crippen molar-refractivity contribution in [3.63, 3.8) is 0 Å². The summed E-state index contributed by atoms with van der Waals surface area (Å²) in [5.74, 6) is 0.181. The fourth-order valence-corrected chi connectivity index (χ4v) is 3.65. The predicted octanol–water partition coefficient (Wildman–Crippen LogP) is 6.48. The molecule has 0 saturated carbocycles. The lowest BCUT2D eigenvalue weighted by Crippen LogP contribution is -2.20. The lowest BCUT2D eigenvalue weighted by atomic mass is 9.99. The van der Waals surface area contributed by atoms with Crippen molar-refractivity contribution < 1.29 is 27.5 Å². The van der Waals surface area contributed by atoms with E-state index in [9.17, 15) is 23.1 Å². The first-order valence-electron chi connectivity index (χ1n) is 10.4. The first kappa shape index (κ1) is 23.1. The molecule has 34 heavy (non-hydrogen) atoms. The van der Waals surface area contributed by atoms with Crippen molar-refractivity contribution in [2.24, 2.45) is 5.10 Å². The Morgan fingerprint density at radius 3 is 2.62 bits per heavy atom. The van der Waals surface area contributed by atoms with Crippen LogP contribution in [0.5, 0.6) is 5.75 Å². The second-order valence-corrected chi connectivity index (χ2v) is 8.00. The number of aromatic hydroxyl groups is 1. The van der Waals surface area contributed by atoms with Gasteiger partial charge in [0.15, 0.2) is 0 Å². The quantitative estimate of drug-likeness (QED) is 0.261. The predicted molar refractivity (Wildman–Crippen MR) is 124 cm³/mol. The van der Waals surface area contributed by atoms with Crippen LogP contribution in [0.15, 0.2) is 76.2 Å². The largest absolute Gasteiger partial charge is 0.507 e. The molecular weight excluding hydrogens is 445 g/mol. The fourth-order valence-electron chi connectivity index (χ4n) is 3.65. The standard InChI is InChI=1S/C26H21F3N2O3/c1-15(30-31-25(33)19-4-3-5-21(14-19)26(27,28)29)10-17-6-8-23(32)22(12-17)18-7-9-24-20(13-18)11-16(2)34-24/h3-9,11-14,32H,10H2,1-2H3,(H,31,33). The van der Waals surface area contributed by atoms with Crippen LogP contribution in [0.25, 0.3) is 22.1 Å². The van der Waals surface area contributed by atoms with Gasteiger partial charge in [0, 0.05) is 28.6 Å². The number of amides is 1. The number of fused-ring (bicyclic) bond motifs is 1. The highest BCUT2D eigenvalue weighted by Crippen LogP contribution is 2.33. The summed E-state index contributed by atoms with van der Waals surface area (Å²) < 4.78 is 44.2. The van der Waals surface area contributed by atoms with Gasteiger partial charge in [0.25, 0.3) is 5.91 Å². The average Bonchev–Trinajstić information content (AvgIpc) is 3.17. The van der Waals surface area contributed by atoms with Crippen LogP contribution in [-0.2, 0) is 12.6 Å². The van der Waals surface area contributed by atoms with Gasteiger partial charge >= 0.3 is 6.18 Å². The molecule has 0 aliphatic rings. The van der Waals surface area contributed by atoms with Crippen LogP contribution in [-0.4, -0.2) is 16.7 Å². The number of halogens is 3. The van der Waals surface area contributed by atoms with Gasteiger partial charge in [0.05, 0.1) is 5.56 Å². The number of nitrogens with zero attached hydrogens (tertiary/aromatic N) is 1. The van der Waals surface area contributed by atoms with E-state index in [-0.39, 0.29) is 11.3 Å². The molecule has 5 nitrogen and oxygen atoms in total. The molecule has 0 aliphatic carbocycles. The first-order chi connectivity index (χ1) is 16.1. The number of hydrogen-bond donors (Lipinski definition) is 2. The Morgan fingerprint density at radius 1 is 1.06 bits per heavy atom. The number of carbonyl (C=O) groups excluding carboxylic acids is 1. The minimum Gasteiger partial charge on any atom is -0.507 e. The number of hydrazone groups is 1. The van der Waals surface area contributed by atoms with E-state index >= 15 is 0 Å². The van der Waals surface area contributed by atoms with E-state index in [1.54, 1.807) is 19.1 Å². The van der Waals surface area contributed by atoms with Crippen molar-refractivity contribution >= 4 is 22.6 Å². The third-order valence-electron chi connectivity index (χ3n) is 5.27. The molecule has 1 amide bonds. The molecule has 0 radical (unpaired) electrons. The molecule has 3 aromatic carbocycles. The summed E-state index contributed by atoms with van der Waals surface area (Å²) in [6.45, 7) is 3.56.